The van der Waals surface area contributed by atoms with E-state index in [0.29, 0.717) is 22.2 Å². The van der Waals surface area contributed by atoms with Gasteiger partial charge in [-0.1, -0.05) is 23.9 Å². The summed E-state index contributed by atoms with van der Waals surface area (Å²) < 4.78 is 1.85. The van der Waals surface area contributed by atoms with Crippen molar-refractivity contribution >= 4 is 29.1 Å². The van der Waals surface area contributed by atoms with Crippen LogP contribution in [0.15, 0.2) is 53.9 Å². The smallest absolute Gasteiger partial charge is 0.237 e. The highest BCUT2D eigenvalue weighted by Crippen LogP contribution is 2.26. The van der Waals surface area contributed by atoms with E-state index in [0.717, 1.165) is 5.56 Å². The third-order valence-electron chi connectivity index (χ3n) is 3.96. The largest absolute Gasteiger partial charge is 0.325 e. The Bertz CT molecular complexity index is 971. The normalized spacial score (nSPS) is 11.8. The number of nitrogens with zero attached hydrogens (tertiary/aromatic N) is 4. The first kappa shape index (κ1) is 18.8. The summed E-state index contributed by atoms with van der Waals surface area (Å²) in [6.45, 7) is 3.30. The Balaban J connectivity index is 1.69. The molecule has 3 aromatic rings. The molecular formula is C19H19N5O2S. The van der Waals surface area contributed by atoms with Gasteiger partial charge in [0.1, 0.15) is 0 Å². The highest BCUT2D eigenvalue weighted by Gasteiger charge is 2.19. The summed E-state index contributed by atoms with van der Waals surface area (Å²) in [6, 6.07) is 10.6. The summed E-state index contributed by atoms with van der Waals surface area (Å²) in [5.41, 5.74) is 2.06. The number of amides is 1. The molecule has 1 amide bonds. The number of hydrogen-bond donors (Lipinski definition) is 1. The maximum Gasteiger partial charge on any atom is 0.237 e. The lowest BCUT2D eigenvalue weighted by Crippen LogP contribution is -2.23. The molecule has 1 aromatic carbocycles. The standard InChI is InChI=1S/C19H19N5O2S/c1-12(25)15-5-4-6-16(11-15)21-18(26)13(2)27-19-23-22-17(24(19)3)14-7-9-20-10-8-14/h4-11,13H,1-3H3,(H,21,26)/t13-/m0/s1. The van der Waals surface area contributed by atoms with E-state index in [4.69, 9.17) is 0 Å². The number of hydrogen-bond acceptors (Lipinski definition) is 6. The fourth-order valence-electron chi connectivity index (χ4n) is 2.44. The molecule has 0 aliphatic rings. The zero-order valence-electron chi connectivity index (χ0n) is 15.2. The van der Waals surface area contributed by atoms with Gasteiger partial charge in [-0.3, -0.25) is 14.6 Å². The van der Waals surface area contributed by atoms with Crippen LogP contribution < -0.4 is 5.32 Å². The minimum atomic E-state index is -0.390. The lowest BCUT2D eigenvalue weighted by atomic mass is 10.1. The summed E-state index contributed by atoms with van der Waals surface area (Å²) in [6.07, 6.45) is 3.39. The van der Waals surface area contributed by atoms with Crippen LogP contribution in [0.3, 0.4) is 0 Å². The number of pyridine rings is 1. The number of anilines is 1. The van der Waals surface area contributed by atoms with Gasteiger partial charge in [0.25, 0.3) is 0 Å². The topological polar surface area (TPSA) is 89.8 Å². The molecule has 0 spiro atoms. The van der Waals surface area contributed by atoms with Gasteiger partial charge in [0, 0.05) is 36.3 Å². The molecule has 7 nitrogen and oxygen atoms in total. The first-order chi connectivity index (χ1) is 13.0. The third-order valence-corrected chi connectivity index (χ3v) is 5.10. The van der Waals surface area contributed by atoms with E-state index in [1.54, 1.807) is 43.6 Å². The Hall–Kier alpha value is -3.00. The number of Topliss-reactive ketones (excluding diaryl/α,β-unsaturated/α-hetero) is 1. The molecule has 0 aliphatic carbocycles. The SMILES string of the molecule is CC(=O)c1cccc(NC(=O)[C@H](C)Sc2nnc(-c3ccncc3)n2C)c1. The van der Waals surface area contributed by atoms with Crippen molar-refractivity contribution in [2.75, 3.05) is 5.32 Å². The van der Waals surface area contributed by atoms with Crippen molar-refractivity contribution in [1.82, 2.24) is 19.7 Å². The maximum absolute atomic E-state index is 12.5. The van der Waals surface area contributed by atoms with Gasteiger partial charge in [0.15, 0.2) is 16.8 Å². The molecule has 2 aromatic heterocycles. The van der Waals surface area contributed by atoms with Gasteiger partial charge in [0.05, 0.1) is 5.25 Å². The molecule has 0 radical (unpaired) electrons. The first-order valence-corrected chi connectivity index (χ1v) is 9.22. The fraction of sp³-hybridized carbons (Fsp3) is 0.211. The second-order valence-corrected chi connectivity index (χ2v) is 7.30. The first-order valence-electron chi connectivity index (χ1n) is 8.34. The molecule has 1 atom stereocenters. The lowest BCUT2D eigenvalue weighted by molar-refractivity contribution is -0.115. The minimum Gasteiger partial charge on any atom is -0.325 e. The molecule has 1 N–H and O–H groups in total. The number of carbonyl (C=O) groups is 2. The van der Waals surface area contributed by atoms with Gasteiger partial charge in [-0.2, -0.15) is 0 Å². The molecule has 0 unspecified atom stereocenters. The Morgan fingerprint density at radius 2 is 1.89 bits per heavy atom. The van der Waals surface area contributed by atoms with E-state index in [-0.39, 0.29) is 16.9 Å². The van der Waals surface area contributed by atoms with Crippen LogP contribution >= 0.6 is 11.8 Å². The zero-order chi connectivity index (χ0) is 19.4. The van der Waals surface area contributed by atoms with Crippen molar-refractivity contribution in [3.63, 3.8) is 0 Å². The molecule has 0 saturated carbocycles. The quantitative estimate of drug-likeness (QED) is 0.521. The molecule has 27 heavy (non-hydrogen) atoms. The van der Waals surface area contributed by atoms with Crippen LogP contribution in [-0.2, 0) is 11.8 Å². The summed E-state index contributed by atoms with van der Waals surface area (Å²) in [5.74, 6) is 0.493. The molecule has 0 saturated heterocycles. The number of ketones is 1. The Morgan fingerprint density at radius 1 is 1.15 bits per heavy atom. The van der Waals surface area contributed by atoms with Crippen molar-refractivity contribution in [2.24, 2.45) is 7.05 Å². The van der Waals surface area contributed by atoms with E-state index in [1.165, 1.54) is 18.7 Å². The fourth-order valence-corrected chi connectivity index (χ4v) is 3.26. The molecule has 3 rings (SSSR count). The van der Waals surface area contributed by atoms with Crippen molar-refractivity contribution in [1.29, 1.82) is 0 Å². The number of carbonyl (C=O) groups excluding carboxylic acids is 2. The summed E-state index contributed by atoms with van der Waals surface area (Å²) >= 11 is 1.32. The second-order valence-electron chi connectivity index (χ2n) is 5.99. The van der Waals surface area contributed by atoms with Crippen molar-refractivity contribution in [2.45, 2.75) is 24.3 Å². The summed E-state index contributed by atoms with van der Waals surface area (Å²) in [4.78, 5) is 28.0. The monoisotopic (exact) mass is 381 g/mol. The average Bonchev–Trinajstić information content (AvgIpc) is 3.03. The minimum absolute atomic E-state index is 0.0451. The molecular weight excluding hydrogens is 362 g/mol. The number of thioether (sulfide) groups is 1. The zero-order valence-corrected chi connectivity index (χ0v) is 16.0. The van der Waals surface area contributed by atoms with Crippen LogP contribution in [0.25, 0.3) is 11.4 Å². The lowest BCUT2D eigenvalue weighted by Gasteiger charge is -2.12. The second kappa shape index (κ2) is 8.13. The third kappa shape index (κ3) is 4.40. The summed E-state index contributed by atoms with van der Waals surface area (Å²) in [5, 5.41) is 11.5. The van der Waals surface area contributed by atoms with Crippen molar-refractivity contribution in [3.8, 4) is 11.4 Å². The molecule has 0 fully saturated rings. The Morgan fingerprint density at radius 3 is 2.59 bits per heavy atom. The van der Waals surface area contributed by atoms with E-state index < -0.39 is 0 Å². The molecule has 0 bridgehead atoms. The maximum atomic E-state index is 12.5. The van der Waals surface area contributed by atoms with Gasteiger partial charge in [-0.05, 0) is 38.1 Å². The predicted octanol–water partition coefficient (Wildman–Crippen LogP) is 3.20. The van der Waals surface area contributed by atoms with E-state index in [9.17, 15) is 9.59 Å². The van der Waals surface area contributed by atoms with Crippen LogP contribution in [0, 0.1) is 0 Å². The average molecular weight is 381 g/mol. The van der Waals surface area contributed by atoms with Crippen molar-refractivity contribution < 1.29 is 9.59 Å². The number of rotatable bonds is 6. The van der Waals surface area contributed by atoms with Gasteiger partial charge in [-0.25, -0.2) is 0 Å². The van der Waals surface area contributed by atoms with Crippen LogP contribution in [-0.4, -0.2) is 36.7 Å². The highest BCUT2D eigenvalue weighted by atomic mass is 32.2. The van der Waals surface area contributed by atoms with Crippen LogP contribution in [0.4, 0.5) is 5.69 Å². The predicted molar refractivity (Wildman–Crippen MR) is 105 cm³/mol. The molecule has 2 heterocycles. The van der Waals surface area contributed by atoms with Gasteiger partial charge in [0.2, 0.25) is 5.91 Å². The summed E-state index contributed by atoms with van der Waals surface area (Å²) in [7, 11) is 1.86. The highest BCUT2D eigenvalue weighted by molar-refractivity contribution is 8.00. The van der Waals surface area contributed by atoms with Gasteiger partial charge < -0.3 is 9.88 Å². The number of aromatic nitrogens is 4. The van der Waals surface area contributed by atoms with Gasteiger partial charge in [-0.15, -0.1) is 10.2 Å². The van der Waals surface area contributed by atoms with Crippen LogP contribution in [0.5, 0.6) is 0 Å². The molecule has 8 heteroatoms. The van der Waals surface area contributed by atoms with E-state index in [2.05, 4.69) is 20.5 Å². The van der Waals surface area contributed by atoms with Crippen LogP contribution in [0.1, 0.15) is 24.2 Å². The van der Waals surface area contributed by atoms with Gasteiger partial charge >= 0.3 is 0 Å². The van der Waals surface area contributed by atoms with E-state index in [1.807, 2.05) is 23.7 Å². The Kier molecular flexibility index (Phi) is 5.66. The van der Waals surface area contributed by atoms with Crippen molar-refractivity contribution in [3.05, 3.63) is 54.4 Å². The molecule has 138 valence electrons. The Labute approximate surface area is 161 Å². The van der Waals surface area contributed by atoms with Crippen LogP contribution in [0.2, 0.25) is 0 Å². The molecule has 0 aliphatic heterocycles. The number of nitrogens with one attached hydrogen (secondary N) is 1. The number of benzene rings is 1. The van der Waals surface area contributed by atoms with E-state index >= 15 is 0 Å².